The minimum atomic E-state index is -4.38. The van der Waals surface area contributed by atoms with Gasteiger partial charge in [-0.3, -0.25) is 0 Å². The van der Waals surface area contributed by atoms with Gasteiger partial charge in [0.2, 0.25) is 21.7 Å². The van der Waals surface area contributed by atoms with Gasteiger partial charge in [-0.2, -0.15) is 4.39 Å². The summed E-state index contributed by atoms with van der Waals surface area (Å²) in [6, 6.07) is 15.0. The van der Waals surface area contributed by atoms with Crippen LogP contribution in [0.25, 0.3) is 11.1 Å². The summed E-state index contributed by atoms with van der Waals surface area (Å²) in [5, 5.41) is 22.1. The standard InChI is InChI=1S/C29H30FN3O4S/c1-5-6-7-24-25(33(4)21-12-8-18(2)9-13-21)26(34)27(29(35)32-24)38(36,37)22-14-10-20(11-15-22)23-16-17-31-28(30)19(23)3/h8-17H,5-7H2,1-4H3,(H2,32,34,35). The van der Waals surface area contributed by atoms with Crippen LogP contribution in [0.2, 0.25) is 0 Å². The highest BCUT2D eigenvalue weighted by molar-refractivity contribution is 7.91. The van der Waals surface area contributed by atoms with Gasteiger partial charge in [0, 0.05) is 24.5 Å². The van der Waals surface area contributed by atoms with Crippen LogP contribution in [0.5, 0.6) is 11.6 Å². The molecule has 9 heteroatoms. The molecular weight excluding hydrogens is 505 g/mol. The number of sulfone groups is 1. The molecule has 4 aromatic rings. The Hall–Kier alpha value is -3.98. The summed E-state index contributed by atoms with van der Waals surface area (Å²) < 4.78 is 41.3. The number of nitrogens with zero attached hydrogens (tertiary/aromatic N) is 3. The Morgan fingerprint density at radius 1 is 0.974 bits per heavy atom. The maximum atomic E-state index is 13.9. The molecule has 0 aliphatic rings. The molecule has 4 rings (SSSR count). The number of anilines is 2. The predicted octanol–water partition coefficient (Wildman–Crippen LogP) is 6.25. The van der Waals surface area contributed by atoms with E-state index in [9.17, 15) is 23.0 Å². The number of hydrogen-bond donors (Lipinski definition) is 2. The smallest absolute Gasteiger partial charge is 0.234 e. The Balaban J connectivity index is 1.83. The van der Waals surface area contributed by atoms with Gasteiger partial charge in [0.15, 0.2) is 10.6 Å². The Labute approximate surface area is 222 Å². The van der Waals surface area contributed by atoms with Gasteiger partial charge in [-0.1, -0.05) is 43.2 Å². The van der Waals surface area contributed by atoms with E-state index in [1.807, 2.05) is 38.1 Å². The zero-order chi connectivity index (χ0) is 27.6. The second kappa shape index (κ2) is 10.8. The molecule has 0 saturated carbocycles. The molecule has 0 unspecified atom stereocenters. The number of halogens is 1. The van der Waals surface area contributed by atoms with Crippen LogP contribution in [0.4, 0.5) is 15.8 Å². The monoisotopic (exact) mass is 535 g/mol. The molecule has 0 amide bonds. The molecule has 0 spiro atoms. The van der Waals surface area contributed by atoms with E-state index in [4.69, 9.17) is 0 Å². The Morgan fingerprint density at radius 2 is 1.63 bits per heavy atom. The Morgan fingerprint density at radius 3 is 2.26 bits per heavy atom. The zero-order valence-electron chi connectivity index (χ0n) is 21.7. The summed E-state index contributed by atoms with van der Waals surface area (Å²) in [6.07, 6.45) is 3.38. The van der Waals surface area contributed by atoms with Crippen molar-refractivity contribution in [2.45, 2.75) is 49.8 Å². The van der Waals surface area contributed by atoms with Crippen LogP contribution in [-0.2, 0) is 16.3 Å². The van der Waals surface area contributed by atoms with Gasteiger partial charge >= 0.3 is 0 Å². The van der Waals surface area contributed by atoms with Crippen LogP contribution < -0.4 is 4.90 Å². The molecule has 0 saturated heterocycles. The highest BCUT2D eigenvalue weighted by atomic mass is 32.2. The molecule has 2 aromatic carbocycles. The second-order valence-electron chi connectivity index (χ2n) is 9.21. The predicted molar refractivity (Wildman–Crippen MR) is 145 cm³/mol. The number of unbranched alkanes of at least 4 members (excludes halogenated alkanes) is 1. The van der Waals surface area contributed by atoms with Gasteiger partial charge in [0.25, 0.3) is 0 Å². The van der Waals surface area contributed by atoms with Crippen LogP contribution in [0, 0.1) is 19.8 Å². The third-order valence-corrected chi connectivity index (χ3v) is 8.37. The van der Waals surface area contributed by atoms with Crippen molar-refractivity contribution in [3.05, 3.63) is 83.6 Å². The van der Waals surface area contributed by atoms with E-state index in [2.05, 4.69) is 9.97 Å². The zero-order valence-corrected chi connectivity index (χ0v) is 22.6. The van der Waals surface area contributed by atoms with E-state index < -0.39 is 32.3 Å². The highest BCUT2D eigenvalue weighted by Crippen LogP contribution is 2.45. The summed E-state index contributed by atoms with van der Waals surface area (Å²) in [6.45, 7) is 5.56. The maximum Gasteiger partial charge on any atom is 0.234 e. The molecule has 0 bridgehead atoms. The van der Waals surface area contributed by atoms with Crippen LogP contribution >= 0.6 is 0 Å². The fourth-order valence-corrected chi connectivity index (χ4v) is 5.72. The van der Waals surface area contributed by atoms with Crippen LogP contribution in [0.3, 0.4) is 0 Å². The van der Waals surface area contributed by atoms with Gasteiger partial charge in [0.05, 0.1) is 10.6 Å². The number of aromatic nitrogens is 2. The first kappa shape index (κ1) is 27.1. The average Bonchev–Trinajstić information content (AvgIpc) is 2.89. The topological polar surface area (TPSA) is 104 Å². The van der Waals surface area contributed by atoms with E-state index >= 15 is 0 Å². The highest BCUT2D eigenvalue weighted by Gasteiger charge is 2.32. The number of aryl methyl sites for hydroxylation is 2. The summed E-state index contributed by atoms with van der Waals surface area (Å²) in [5.74, 6) is -1.93. The van der Waals surface area contributed by atoms with Gasteiger partial charge in [0.1, 0.15) is 5.69 Å². The van der Waals surface area contributed by atoms with Gasteiger partial charge in [-0.15, -0.1) is 0 Å². The lowest BCUT2D eigenvalue weighted by molar-refractivity contribution is 0.405. The molecule has 7 nitrogen and oxygen atoms in total. The maximum absolute atomic E-state index is 13.9. The SMILES string of the molecule is CCCCc1nc(O)c(S(=O)(=O)c2ccc(-c3ccnc(F)c3C)cc2)c(O)c1N(C)c1ccc(C)cc1. The van der Waals surface area contributed by atoms with Gasteiger partial charge in [-0.05, 0) is 68.1 Å². The summed E-state index contributed by atoms with van der Waals surface area (Å²) in [4.78, 5) is 8.73. The Kier molecular flexibility index (Phi) is 7.68. The van der Waals surface area contributed by atoms with Gasteiger partial charge in [-0.25, -0.2) is 18.4 Å². The van der Waals surface area contributed by atoms with Crippen molar-refractivity contribution in [3.8, 4) is 22.8 Å². The first-order valence-corrected chi connectivity index (χ1v) is 13.8. The number of pyridine rings is 2. The lowest BCUT2D eigenvalue weighted by atomic mass is 10.0. The summed E-state index contributed by atoms with van der Waals surface area (Å²) >= 11 is 0. The molecular formula is C29H30FN3O4S. The van der Waals surface area contributed by atoms with Crippen molar-refractivity contribution in [2.24, 2.45) is 0 Å². The van der Waals surface area contributed by atoms with Crippen molar-refractivity contribution in [1.29, 1.82) is 0 Å². The van der Waals surface area contributed by atoms with Crippen LogP contribution in [0.1, 0.15) is 36.6 Å². The van der Waals surface area contributed by atoms with E-state index in [0.29, 0.717) is 28.8 Å². The minimum absolute atomic E-state index is 0.147. The van der Waals surface area contributed by atoms with E-state index in [1.165, 1.54) is 18.3 Å². The average molecular weight is 536 g/mol. The third-order valence-electron chi connectivity index (χ3n) is 6.57. The van der Waals surface area contributed by atoms with Crippen molar-refractivity contribution in [3.63, 3.8) is 0 Å². The molecule has 2 heterocycles. The second-order valence-corrected chi connectivity index (χ2v) is 11.1. The number of rotatable bonds is 8. The first-order valence-electron chi connectivity index (χ1n) is 12.3. The van der Waals surface area contributed by atoms with Crippen LogP contribution in [-0.4, -0.2) is 35.6 Å². The lowest BCUT2D eigenvalue weighted by Gasteiger charge is -2.25. The molecule has 2 aromatic heterocycles. The largest absolute Gasteiger partial charge is 0.504 e. The van der Waals surface area contributed by atoms with Crippen molar-refractivity contribution < 1.29 is 23.0 Å². The molecule has 0 aliphatic heterocycles. The van der Waals surface area contributed by atoms with Crippen molar-refractivity contribution in [2.75, 3.05) is 11.9 Å². The summed E-state index contributed by atoms with van der Waals surface area (Å²) in [7, 11) is -2.66. The van der Waals surface area contributed by atoms with E-state index in [0.717, 1.165) is 24.1 Å². The molecule has 0 fully saturated rings. The van der Waals surface area contributed by atoms with E-state index in [1.54, 1.807) is 37.1 Å². The Bertz CT molecular complexity index is 1570. The molecule has 38 heavy (non-hydrogen) atoms. The minimum Gasteiger partial charge on any atom is -0.504 e. The van der Waals surface area contributed by atoms with Crippen molar-refractivity contribution >= 4 is 21.2 Å². The van der Waals surface area contributed by atoms with Crippen LogP contribution in [0.15, 0.2) is 70.6 Å². The number of hydrogen-bond acceptors (Lipinski definition) is 7. The van der Waals surface area contributed by atoms with E-state index in [-0.39, 0.29) is 10.6 Å². The molecule has 198 valence electrons. The fourth-order valence-electron chi connectivity index (χ4n) is 4.35. The summed E-state index contributed by atoms with van der Waals surface area (Å²) in [5.41, 5.74) is 3.92. The van der Waals surface area contributed by atoms with Crippen molar-refractivity contribution in [1.82, 2.24) is 9.97 Å². The molecule has 0 atom stereocenters. The van der Waals surface area contributed by atoms with Gasteiger partial charge < -0.3 is 15.1 Å². The molecule has 2 N–H and O–H groups in total. The molecule has 0 radical (unpaired) electrons. The number of aromatic hydroxyl groups is 2. The fraction of sp³-hybridized carbons (Fsp3) is 0.241. The number of benzene rings is 2. The lowest BCUT2D eigenvalue weighted by Crippen LogP contribution is -2.15. The molecule has 0 aliphatic carbocycles. The normalized spacial score (nSPS) is 11.5. The quantitative estimate of drug-likeness (QED) is 0.257. The third kappa shape index (κ3) is 5.06. The first-order chi connectivity index (χ1) is 18.1.